The summed E-state index contributed by atoms with van der Waals surface area (Å²) in [5, 5.41) is 0.583. The molecule has 0 amide bonds. The monoisotopic (exact) mass is 259 g/mol. The normalized spacial score (nSPS) is 10.8. The van der Waals surface area contributed by atoms with Gasteiger partial charge in [-0.25, -0.2) is 18.7 Å². The Morgan fingerprint density at radius 3 is 2.53 bits per heavy atom. The molecule has 0 fully saturated rings. The summed E-state index contributed by atoms with van der Waals surface area (Å²) in [5.74, 6) is -1.61. The summed E-state index contributed by atoms with van der Waals surface area (Å²) >= 11 is 0. The van der Waals surface area contributed by atoms with Crippen molar-refractivity contribution in [3.05, 3.63) is 58.5 Å². The van der Waals surface area contributed by atoms with Gasteiger partial charge in [0.05, 0.1) is 5.56 Å². The zero-order valence-corrected chi connectivity index (χ0v) is 9.52. The fraction of sp³-hybridized carbons (Fsp3) is 0. The summed E-state index contributed by atoms with van der Waals surface area (Å²) in [6.45, 7) is 0. The highest BCUT2D eigenvalue weighted by molar-refractivity contribution is 5.75. The molecule has 19 heavy (non-hydrogen) atoms. The molecule has 2 heterocycles. The van der Waals surface area contributed by atoms with Crippen LogP contribution in [0.15, 0.2) is 41.3 Å². The van der Waals surface area contributed by atoms with E-state index in [1.165, 1.54) is 24.4 Å². The summed E-state index contributed by atoms with van der Waals surface area (Å²) in [7, 11) is 0. The highest BCUT2D eigenvalue weighted by atomic mass is 19.1. The Morgan fingerprint density at radius 1 is 1.05 bits per heavy atom. The minimum atomic E-state index is -0.752. The predicted octanol–water partition coefficient (Wildman–Crippen LogP) is 2.26. The van der Waals surface area contributed by atoms with Crippen LogP contribution in [0.4, 0.5) is 8.78 Å². The maximum Gasteiger partial charge on any atom is 0.249 e. The standard InChI is InChI=1S/C13H7F2N3O/c14-8-2-1-3-9(15)11(8)13-16-6-7-4-5-10(19)17-12(7)18-13/h1-6H,(H,16,17,18,19). The number of hydrogen-bond donors (Lipinski definition) is 1. The molecule has 2 aromatic heterocycles. The lowest BCUT2D eigenvalue weighted by molar-refractivity contribution is 0.587. The number of halogens is 2. The van der Waals surface area contributed by atoms with Gasteiger partial charge < -0.3 is 4.98 Å². The fourth-order valence-electron chi connectivity index (χ4n) is 1.77. The number of aromatic nitrogens is 3. The van der Waals surface area contributed by atoms with Gasteiger partial charge in [-0.1, -0.05) is 6.07 Å². The number of nitrogens with one attached hydrogen (secondary N) is 1. The highest BCUT2D eigenvalue weighted by Gasteiger charge is 2.14. The third-order valence-electron chi connectivity index (χ3n) is 2.66. The minimum Gasteiger partial charge on any atom is -0.306 e. The van der Waals surface area contributed by atoms with Crippen molar-refractivity contribution in [3.63, 3.8) is 0 Å². The lowest BCUT2D eigenvalue weighted by Crippen LogP contribution is -2.05. The van der Waals surface area contributed by atoms with E-state index in [1.807, 2.05) is 0 Å². The van der Waals surface area contributed by atoms with Crippen LogP contribution < -0.4 is 5.56 Å². The second kappa shape index (κ2) is 4.24. The van der Waals surface area contributed by atoms with Crippen molar-refractivity contribution in [1.29, 1.82) is 0 Å². The van der Waals surface area contributed by atoms with Gasteiger partial charge in [-0.15, -0.1) is 0 Å². The quantitative estimate of drug-likeness (QED) is 0.729. The van der Waals surface area contributed by atoms with E-state index < -0.39 is 11.6 Å². The highest BCUT2D eigenvalue weighted by Crippen LogP contribution is 2.23. The van der Waals surface area contributed by atoms with Crippen molar-refractivity contribution in [2.75, 3.05) is 0 Å². The number of nitrogens with zero attached hydrogens (tertiary/aromatic N) is 2. The van der Waals surface area contributed by atoms with E-state index in [4.69, 9.17) is 0 Å². The Hall–Kier alpha value is -2.63. The van der Waals surface area contributed by atoms with Gasteiger partial charge in [0.15, 0.2) is 5.82 Å². The second-order valence-corrected chi connectivity index (χ2v) is 3.92. The first-order valence-corrected chi connectivity index (χ1v) is 5.45. The Bertz CT molecular complexity index is 809. The summed E-state index contributed by atoms with van der Waals surface area (Å²) < 4.78 is 27.2. The van der Waals surface area contributed by atoms with Gasteiger partial charge >= 0.3 is 0 Å². The number of benzene rings is 1. The Kier molecular flexibility index (Phi) is 2.56. The predicted molar refractivity (Wildman–Crippen MR) is 65.5 cm³/mol. The molecule has 0 radical (unpaired) electrons. The molecule has 6 heteroatoms. The molecule has 0 aliphatic carbocycles. The largest absolute Gasteiger partial charge is 0.306 e. The lowest BCUT2D eigenvalue weighted by Gasteiger charge is -2.04. The number of rotatable bonds is 1. The maximum atomic E-state index is 13.6. The number of aromatic amines is 1. The van der Waals surface area contributed by atoms with Crippen LogP contribution in [0.2, 0.25) is 0 Å². The molecule has 0 aliphatic rings. The smallest absolute Gasteiger partial charge is 0.249 e. The van der Waals surface area contributed by atoms with Crippen LogP contribution >= 0.6 is 0 Å². The molecular weight excluding hydrogens is 252 g/mol. The Balaban J connectivity index is 2.29. The molecule has 0 spiro atoms. The topological polar surface area (TPSA) is 58.6 Å². The van der Waals surface area contributed by atoms with Crippen LogP contribution in [0.5, 0.6) is 0 Å². The van der Waals surface area contributed by atoms with Crippen LogP contribution in [0.25, 0.3) is 22.4 Å². The summed E-state index contributed by atoms with van der Waals surface area (Å²) in [6, 6.07) is 6.38. The third kappa shape index (κ3) is 1.97. The van der Waals surface area contributed by atoms with Crippen LogP contribution in [-0.4, -0.2) is 15.0 Å². The van der Waals surface area contributed by atoms with Gasteiger partial charge in [0.1, 0.15) is 17.3 Å². The molecule has 0 bridgehead atoms. The molecule has 94 valence electrons. The summed E-state index contributed by atoms with van der Waals surface area (Å²) in [4.78, 5) is 21.6. The first kappa shape index (κ1) is 11.5. The zero-order chi connectivity index (χ0) is 13.4. The van der Waals surface area contributed by atoms with E-state index in [1.54, 1.807) is 0 Å². The Morgan fingerprint density at radius 2 is 1.79 bits per heavy atom. The molecule has 0 atom stereocenters. The average Bonchev–Trinajstić information content (AvgIpc) is 2.38. The van der Waals surface area contributed by atoms with Gasteiger partial charge in [0, 0.05) is 17.6 Å². The van der Waals surface area contributed by atoms with Crippen LogP contribution in [0, 0.1) is 11.6 Å². The van der Waals surface area contributed by atoms with E-state index in [2.05, 4.69) is 15.0 Å². The molecule has 0 aliphatic heterocycles. The molecule has 3 aromatic rings. The average molecular weight is 259 g/mol. The van der Waals surface area contributed by atoms with E-state index >= 15 is 0 Å². The summed E-state index contributed by atoms with van der Waals surface area (Å²) in [5.41, 5.74) is -0.416. The van der Waals surface area contributed by atoms with Crippen molar-refractivity contribution >= 4 is 11.0 Å². The molecule has 0 saturated carbocycles. The molecule has 0 unspecified atom stereocenters. The first-order chi connectivity index (χ1) is 9.15. The van der Waals surface area contributed by atoms with Crippen LogP contribution in [-0.2, 0) is 0 Å². The molecule has 1 N–H and O–H groups in total. The molecule has 1 aromatic carbocycles. The SMILES string of the molecule is O=c1ccc2cnc(-c3c(F)cccc3F)nc2[nH]1. The molecule has 4 nitrogen and oxygen atoms in total. The van der Waals surface area contributed by atoms with Crippen molar-refractivity contribution in [1.82, 2.24) is 15.0 Å². The first-order valence-electron chi connectivity index (χ1n) is 5.45. The van der Waals surface area contributed by atoms with E-state index in [9.17, 15) is 13.6 Å². The maximum absolute atomic E-state index is 13.6. The molecular formula is C13H7F2N3O. The minimum absolute atomic E-state index is 0.107. The second-order valence-electron chi connectivity index (χ2n) is 3.92. The number of fused-ring (bicyclic) bond motifs is 1. The van der Waals surface area contributed by atoms with E-state index in [0.29, 0.717) is 5.39 Å². The van der Waals surface area contributed by atoms with Crippen LogP contribution in [0.1, 0.15) is 0 Å². The number of pyridine rings is 1. The fourth-order valence-corrected chi connectivity index (χ4v) is 1.77. The summed E-state index contributed by atoms with van der Waals surface area (Å²) in [6.07, 6.45) is 1.40. The van der Waals surface area contributed by atoms with E-state index in [-0.39, 0.29) is 22.6 Å². The van der Waals surface area contributed by atoms with E-state index in [0.717, 1.165) is 12.1 Å². The van der Waals surface area contributed by atoms with Crippen molar-refractivity contribution < 1.29 is 8.78 Å². The number of H-pyrrole nitrogens is 1. The van der Waals surface area contributed by atoms with Gasteiger partial charge in [-0.2, -0.15) is 0 Å². The van der Waals surface area contributed by atoms with Crippen LogP contribution in [0.3, 0.4) is 0 Å². The van der Waals surface area contributed by atoms with Crippen molar-refractivity contribution in [2.45, 2.75) is 0 Å². The van der Waals surface area contributed by atoms with Crippen molar-refractivity contribution in [2.24, 2.45) is 0 Å². The molecule has 0 saturated heterocycles. The molecule has 3 rings (SSSR count). The number of hydrogen-bond acceptors (Lipinski definition) is 3. The third-order valence-corrected chi connectivity index (χ3v) is 2.66. The lowest BCUT2D eigenvalue weighted by atomic mass is 10.2. The van der Waals surface area contributed by atoms with Crippen molar-refractivity contribution in [3.8, 4) is 11.4 Å². The van der Waals surface area contributed by atoms with Gasteiger partial charge in [0.25, 0.3) is 0 Å². The van der Waals surface area contributed by atoms with Gasteiger partial charge in [-0.3, -0.25) is 4.79 Å². The Labute approximate surface area is 105 Å². The van der Waals surface area contributed by atoms with Gasteiger partial charge in [0.2, 0.25) is 5.56 Å². The van der Waals surface area contributed by atoms with Gasteiger partial charge in [-0.05, 0) is 18.2 Å². The zero-order valence-electron chi connectivity index (χ0n) is 9.52.